The van der Waals surface area contributed by atoms with E-state index in [9.17, 15) is 9.00 Å². The molecule has 1 N–H and O–H groups in total. The summed E-state index contributed by atoms with van der Waals surface area (Å²) < 4.78 is 30.4. The molecule has 4 heterocycles. The van der Waals surface area contributed by atoms with Crippen molar-refractivity contribution < 1.29 is 18.5 Å². The summed E-state index contributed by atoms with van der Waals surface area (Å²) in [6.45, 7) is 11.6. The fraction of sp³-hybridized carbons (Fsp3) is 0.619. The Morgan fingerprint density at radius 3 is 2.75 bits per heavy atom. The Kier molecular flexibility index (Phi) is 9.99. The number of hydrogen-bond donors (Lipinski definition) is 1. The first kappa shape index (κ1) is 36.4. The molecular weight excluding hydrogens is 692 g/mol. The van der Waals surface area contributed by atoms with E-state index in [0.717, 1.165) is 94.3 Å². The summed E-state index contributed by atoms with van der Waals surface area (Å²) in [5.41, 5.74) is 3.38. The van der Waals surface area contributed by atoms with Gasteiger partial charge in [0.15, 0.2) is 0 Å². The van der Waals surface area contributed by atoms with Gasteiger partial charge in [-0.05, 0) is 130 Å². The molecule has 3 fully saturated rings. The topological polar surface area (TPSA) is 74.4 Å². The highest BCUT2D eigenvalue weighted by Crippen LogP contribution is 2.49. The highest BCUT2D eigenvalue weighted by molar-refractivity contribution is 7.99. The number of anilines is 1. The van der Waals surface area contributed by atoms with E-state index in [1.165, 1.54) is 30.5 Å². The van der Waals surface area contributed by atoms with E-state index in [0.29, 0.717) is 30.0 Å². The molecule has 2 aromatic rings. The molecule has 52 heavy (non-hydrogen) atoms. The maximum absolute atomic E-state index is 14.1. The summed E-state index contributed by atoms with van der Waals surface area (Å²) >= 11 is 6.52. The van der Waals surface area contributed by atoms with Crippen LogP contribution in [0.5, 0.6) is 5.75 Å². The number of amides is 1. The van der Waals surface area contributed by atoms with E-state index in [1.807, 2.05) is 32.2 Å². The normalized spacial score (nSPS) is 37.5. The van der Waals surface area contributed by atoms with Crippen LogP contribution < -0.4 is 14.4 Å². The van der Waals surface area contributed by atoms with Gasteiger partial charge in [-0.2, -0.15) is 0 Å². The summed E-state index contributed by atoms with van der Waals surface area (Å²) in [5, 5.41) is 0.453. The van der Waals surface area contributed by atoms with Gasteiger partial charge in [0.1, 0.15) is 11.4 Å². The summed E-state index contributed by atoms with van der Waals surface area (Å²) in [6.07, 6.45) is 13.3. The quantitative estimate of drug-likeness (QED) is 0.290. The molecule has 6 aliphatic rings. The van der Waals surface area contributed by atoms with Crippen molar-refractivity contribution >= 4 is 38.8 Å². The van der Waals surface area contributed by atoms with E-state index in [1.54, 1.807) is 6.07 Å². The Morgan fingerprint density at radius 2 is 1.94 bits per heavy atom. The van der Waals surface area contributed by atoms with Crippen LogP contribution in [0.2, 0.25) is 5.02 Å². The largest absolute Gasteiger partial charge is 0.490 e. The van der Waals surface area contributed by atoms with Crippen molar-refractivity contribution in [2.75, 3.05) is 64.4 Å². The average Bonchev–Trinajstić information content (AvgIpc) is 3.53. The number of hydrogen-bond acceptors (Lipinski definition) is 7. The SMILES string of the molecule is C=S1(=O)NC(=O)c2ccc3c(c2)N(C[C@@H]2CC[C@H]2[C@](CN2CCN4CCC[C@@H]4C2)(OC)/C=C/C[C@H](C)[C@H]1C)C[C@@]1(CCCc2cc(Cl)ccc21)CO3. The third-order valence-corrected chi connectivity index (χ3v) is 16.3. The van der Waals surface area contributed by atoms with Gasteiger partial charge in [-0.3, -0.25) is 19.3 Å². The summed E-state index contributed by atoms with van der Waals surface area (Å²) in [6, 6.07) is 12.7. The standard InChI is InChI=1S/C42H57ClN4O4S/c1-29-8-5-18-42(50-3,27-45-20-21-46-19-7-10-35(46)25-45)37-14-11-33(37)24-47-26-41(17-6-9-31-22-34(43)13-15-36(31)41)28-51-39-16-12-32(23-38(39)47)40(48)44-52(4,49)30(29)2/h5,12-13,15-16,18,22-23,29-30,33,35,37H,4,6-11,14,17,19-21,24-28H2,1-3H3,(H,44,48,49)/b18-5+/t29-,30+,33-,35+,37+,41-,42-,52?/m0/s1. The predicted octanol–water partition coefficient (Wildman–Crippen LogP) is 6.35. The smallest absolute Gasteiger partial charge is 0.262 e. The minimum absolute atomic E-state index is 0.0450. The van der Waals surface area contributed by atoms with E-state index in [-0.39, 0.29) is 22.5 Å². The maximum atomic E-state index is 14.1. The van der Waals surface area contributed by atoms with Crippen LogP contribution in [0.15, 0.2) is 48.6 Å². The molecule has 1 saturated carbocycles. The van der Waals surface area contributed by atoms with Crippen molar-refractivity contribution in [1.82, 2.24) is 14.5 Å². The van der Waals surface area contributed by atoms with Crippen LogP contribution in [0.1, 0.15) is 80.3 Å². The van der Waals surface area contributed by atoms with Gasteiger partial charge < -0.3 is 14.4 Å². The first-order chi connectivity index (χ1) is 25.0. The van der Waals surface area contributed by atoms with E-state index < -0.39 is 15.3 Å². The average molecular weight is 749 g/mol. The van der Waals surface area contributed by atoms with Crippen molar-refractivity contribution in [3.05, 3.63) is 70.3 Å². The molecule has 8 nitrogen and oxygen atoms in total. The first-order valence-corrected chi connectivity index (χ1v) is 21.8. The van der Waals surface area contributed by atoms with Gasteiger partial charge in [-0.25, -0.2) is 4.21 Å². The monoisotopic (exact) mass is 748 g/mol. The number of allylic oxidation sites excluding steroid dienone is 1. The van der Waals surface area contributed by atoms with Gasteiger partial charge in [-0.1, -0.05) is 36.7 Å². The number of benzene rings is 2. The van der Waals surface area contributed by atoms with Crippen LogP contribution in [-0.4, -0.2) is 102 Å². The van der Waals surface area contributed by atoms with Gasteiger partial charge in [-0.15, -0.1) is 0 Å². The van der Waals surface area contributed by atoms with Crippen LogP contribution in [0.3, 0.4) is 0 Å². The number of rotatable bonds is 3. The van der Waals surface area contributed by atoms with Crippen molar-refractivity contribution in [2.24, 2.45) is 17.8 Å². The highest BCUT2D eigenvalue weighted by Gasteiger charge is 2.50. The lowest BCUT2D eigenvalue weighted by Gasteiger charge is -2.52. The number of nitrogens with zero attached hydrogens (tertiary/aromatic N) is 3. The summed E-state index contributed by atoms with van der Waals surface area (Å²) in [4.78, 5) is 21.7. The molecule has 282 valence electrons. The number of halogens is 1. The zero-order valence-corrected chi connectivity index (χ0v) is 32.9. The van der Waals surface area contributed by atoms with E-state index >= 15 is 0 Å². The molecule has 1 amide bonds. The zero-order chi connectivity index (χ0) is 36.3. The molecule has 2 aliphatic carbocycles. The lowest BCUT2D eigenvalue weighted by atomic mass is 9.63. The first-order valence-electron chi connectivity index (χ1n) is 19.7. The van der Waals surface area contributed by atoms with Crippen LogP contribution in [0, 0.1) is 17.8 Å². The van der Waals surface area contributed by atoms with Crippen LogP contribution >= 0.6 is 11.6 Å². The molecule has 1 unspecified atom stereocenters. The predicted molar refractivity (Wildman–Crippen MR) is 212 cm³/mol. The summed E-state index contributed by atoms with van der Waals surface area (Å²) in [7, 11) is -1.03. The van der Waals surface area contributed by atoms with Gasteiger partial charge in [0, 0.05) is 73.7 Å². The Balaban J connectivity index is 1.19. The molecule has 2 aromatic carbocycles. The summed E-state index contributed by atoms with van der Waals surface area (Å²) in [5.74, 6) is 5.29. The molecule has 8 rings (SSSR count). The van der Waals surface area contributed by atoms with Crippen LogP contribution in [-0.2, 0) is 26.3 Å². The molecule has 10 heteroatoms. The van der Waals surface area contributed by atoms with Crippen molar-refractivity contribution in [3.63, 3.8) is 0 Å². The van der Waals surface area contributed by atoms with Gasteiger partial charge in [0.05, 0.1) is 22.0 Å². The lowest BCUT2D eigenvalue weighted by Crippen LogP contribution is -2.60. The van der Waals surface area contributed by atoms with Gasteiger partial charge >= 0.3 is 0 Å². The molecule has 0 radical (unpaired) electrons. The number of ether oxygens (including phenoxy) is 2. The zero-order valence-electron chi connectivity index (χ0n) is 31.3. The molecule has 0 aromatic heterocycles. The number of carbonyl (C=O) groups is 1. The van der Waals surface area contributed by atoms with E-state index in [2.05, 4.69) is 56.5 Å². The number of nitrogens with one attached hydrogen (secondary N) is 1. The van der Waals surface area contributed by atoms with Gasteiger partial charge in [0.25, 0.3) is 5.91 Å². The minimum Gasteiger partial charge on any atom is -0.490 e. The third kappa shape index (κ3) is 6.71. The van der Waals surface area contributed by atoms with Crippen molar-refractivity contribution in [3.8, 4) is 5.75 Å². The Hall–Kier alpha value is -2.56. The number of aryl methyl sites for hydroxylation is 1. The molecular formula is C42H57ClN4O4S. The second-order valence-electron chi connectivity index (χ2n) is 16.9. The highest BCUT2D eigenvalue weighted by atomic mass is 35.5. The third-order valence-electron chi connectivity index (χ3n) is 13.9. The Morgan fingerprint density at radius 1 is 1.08 bits per heavy atom. The lowest BCUT2D eigenvalue weighted by molar-refractivity contribution is -0.0974. The van der Waals surface area contributed by atoms with Crippen molar-refractivity contribution in [2.45, 2.75) is 87.5 Å². The molecule has 2 bridgehead atoms. The maximum Gasteiger partial charge on any atom is 0.262 e. The minimum atomic E-state index is -2.94. The second-order valence-corrected chi connectivity index (χ2v) is 19.8. The van der Waals surface area contributed by atoms with Crippen LogP contribution in [0.25, 0.3) is 0 Å². The number of piperazine rings is 1. The van der Waals surface area contributed by atoms with Gasteiger partial charge in [0.2, 0.25) is 0 Å². The number of fused-ring (bicyclic) bond motifs is 5. The number of methoxy groups -OCH3 is 1. The molecule has 2 saturated heterocycles. The Bertz CT molecular complexity index is 1820. The fourth-order valence-electron chi connectivity index (χ4n) is 10.5. The molecule has 8 atom stereocenters. The molecule has 4 aliphatic heterocycles. The molecule has 1 spiro atoms. The van der Waals surface area contributed by atoms with Crippen molar-refractivity contribution in [1.29, 1.82) is 0 Å². The fourth-order valence-corrected chi connectivity index (χ4v) is 12.1. The second kappa shape index (κ2) is 14.3. The Labute approximate surface area is 316 Å². The number of carbonyl (C=O) groups excluding carboxylic acids is 1. The van der Waals surface area contributed by atoms with E-state index in [4.69, 9.17) is 21.1 Å². The van der Waals surface area contributed by atoms with Crippen LogP contribution in [0.4, 0.5) is 5.69 Å².